The van der Waals surface area contributed by atoms with Gasteiger partial charge in [-0.3, -0.25) is 4.98 Å². The van der Waals surface area contributed by atoms with Gasteiger partial charge in [0, 0.05) is 36.4 Å². The highest BCUT2D eigenvalue weighted by Gasteiger charge is 2.26. The Morgan fingerprint density at radius 3 is 3.00 bits per heavy atom. The molecule has 1 aliphatic rings. The molecular weight excluding hydrogens is 326 g/mol. The van der Waals surface area contributed by atoms with Crippen molar-refractivity contribution in [2.45, 2.75) is 25.9 Å². The molecule has 1 N–H and O–H groups in total. The molecule has 0 radical (unpaired) electrons. The van der Waals surface area contributed by atoms with Crippen molar-refractivity contribution >= 4 is 16.6 Å². The first-order valence-electron chi connectivity index (χ1n) is 8.89. The molecule has 3 aromatic rings. The summed E-state index contributed by atoms with van der Waals surface area (Å²) in [4.78, 5) is 11.0. The summed E-state index contributed by atoms with van der Waals surface area (Å²) in [5.41, 5.74) is 2.53. The molecule has 1 saturated heterocycles. The molecule has 0 unspecified atom stereocenters. The summed E-state index contributed by atoms with van der Waals surface area (Å²) in [5, 5.41) is 13.9. The van der Waals surface area contributed by atoms with Gasteiger partial charge in [0.15, 0.2) is 0 Å². The fourth-order valence-electron chi connectivity index (χ4n) is 3.79. The van der Waals surface area contributed by atoms with Crippen molar-refractivity contribution in [3.8, 4) is 6.07 Å². The number of hydrogen-bond donors (Lipinski definition) is 1. The molecule has 6 nitrogen and oxygen atoms in total. The lowest BCUT2D eigenvalue weighted by molar-refractivity contribution is 0.336. The molecule has 132 valence electrons. The molecule has 26 heavy (non-hydrogen) atoms. The van der Waals surface area contributed by atoms with Crippen LogP contribution in [0.1, 0.15) is 24.8 Å². The van der Waals surface area contributed by atoms with Crippen LogP contribution in [0.3, 0.4) is 0 Å². The van der Waals surface area contributed by atoms with Gasteiger partial charge in [-0.15, -0.1) is 0 Å². The van der Waals surface area contributed by atoms with Crippen LogP contribution >= 0.6 is 0 Å². The van der Waals surface area contributed by atoms with Crippen LogP contribution in [0.25, 0.3) is 10.9 Å². The maximum atomic E-state index is 9.35. The van der Waals surface area contributed by atoms with Crippen molar-refractivity contribution in [3.05, 3.63) is 54.4 Å². The SMILES string of the molecule is C[C@H]1C[C@@H](NCc2ncco2)CN(c2ccc(C#N)c3ncccc23)C1. The normalized spacial score (nSPS) is 20.2. The van der Waals surface area contributed by atoms with E-state index < -0.39 is 0 Å². The predicted molar refractivity (Wildman–Crippen MR) is 99.6 cm³/mol. The van der Waals surface area contributed by atoms with Crippen LogP contribution < -0.4 is 10.2 Å². The number of pyridine rings is 1. The van der Waals surface area contributed by atoms with E-state index in [-0.39, 0.29) is 0 Å². The predicted octanol–water partition coefficient (Wildman–Crippen LogP) is 3.10. The highest BCUT2D eigenvalue weighted by atomic mass is 16.3. The standard InChI is InChI=1S/C20H21N5O/c1-14-9-16(24-11-19-22-7-8-26-19)13-25(12-14)18-5-4-15(10-21)20-17(18)3-2-6-23-20/h2-8,14,16,24H,9,11-13H2,1H3/t14-,16+/m0/s1. The first-order valence-corrected chi connectivity index (χ1v) is 8.89. The highest BCUT2D eigenvalue weighted by Crippen LogP contribution is 2.31. The van der Waals surface area contributed by atoms with Crippen LogP contribution in [0.4, 0.5) is 5.69 Å². The van der Waals surface area contributed by atoms with Crippen LogP contribution in [-0.4, -0.2) is 29.1 Å². The number of hydrogen-bond acceptors (Lipinski definition) is 6. The average molecular weight is 347 g/mol. The molecule has 3 heterocycles. The zero-order valence-electron chi connectivity index (χ0n) is 14.7. The van der Waals surface area contributed by atoms with E-state index in [2.05, 4.69) is 33.2 Å². The lowest BCUT2D eigenvalue weighted by atomic mass is 9.94. The second-order valence-electron chi connectivity index (χ2n) is 6.89. The minimum atomic E-state index is 0.355. The van der Waals surface area contributed by atoms with E-state index in [0.717, 1.165) is 36.1 Å². The summed E-state index contributed by atoms with van der Waals surface area (Å²) < 4.78 is 5.32. The molecule has 0 saturated carbocycles. The first kappa shape index (κ1) is 16.6. The molecule has 2 aromatic heterocycles. The van der Waals surface area contributed by atoms with E-state index in [1.807, 2.05) is 24.3 Å². The number of rotatable bonds is 4. The third-order valence-electron chi connectivity index (χ3n) is 4.89. The Hall–Kier alpha value is -2.91. The van der Waals surface area contributed by atoms with Crippen molar-refractivity contribution in [2.75, 3.05) is 18.0 Å². The van der Waals surface area contributed by atoms with Crippen LogP contribution in [0.5, 0.6) is 0 Å². The van der Waals surface area contributed by atoms with Gasteiger partial charge in [-0.2, -0.15) is 5.26 Å². The Morgan fingerprint density at radius 2 is 2.19 bits per heavy atom. The summed E-state index contributed by atoms with van der Waals surface area (Å²) in [6.07, 6.45) is 6.13. The molecule has 1 fully saturated rings. The molecule has 2 atom stereocenters. The summed E-state index contributed by atoms with van der Waals surface area (Å²) >= 11 is 0. The van der Waals surface area contributed by atoms with Gasteiger partial charge >= 0.3 is 0 Å². The van der Waals surface area contributed by atoms with Crippen molar-refractivity contribution < 1.29 is 4.42 Å². The maximum Gasteiger partial charge on any atom is 0.207 e. The quantitative estimate of drug-likeness (QED) is 0.781. The van der Waals surface area contributed by atoms with E-state index in [1.54, 1.807) is 18.7 Å². The number of nitrogens with zero attached hydrogens (tertiary/aromatic N) is 4. The Labute approximate surface area is 152 Å². The molecular formula is C20H21N5O. The first-order chi connectivity index (χ1) is 12.7. The smallest absolute Gasteiger partial charge is 0.207 e. The van der Waals surface area contributed by atoms with Gasteiger partial charge in [-0.25, -0.2) is 4.98 Å². The van der Waals surface area contributed by atoms with E-state index in [1.165, 1.54) is 0 Å². The second-order valence-corrected chi connectivity index (χ2v) is 6.89. The largest absolute Gasteiger partial charge is 0.448 e. The summed E-state index contributed by atoms with van der Waals surface area (Å²) in [5.74, 6) is 1.27. The van der Waals surface area contributed by atoms with Crippen molar-refractivity contribution in [3.63, 3.8) is 0 Å². The molecule has 0 amide bonds. The Kier molecular flexibility index (Phi) is 4.55. The van der Waals surface area contributed by atoms with Gasteiger partial charge in [-0.1, -0.05) is 6.92 Å². The fraction of sp³-hybridized carbons (Fsp3) is 0.350. The molecule has 6 heteroatoms. The van der Waals surface area contributed by atoms with Gasteiger partial charge in [0.05, 0.1) is 23.8 Å². The van der Waals surface area contributed by atoms with E-state index in [4.69, 9.17) is 4.42 Å². The number of oxazole rings is 1. The molecule has 0 bridgehead atoms. The third-order valence-corrected chi connectivity index (χ3v) is 4.89. The Bertz CT molecular complexity index is 931. The van der Waals surface area contributed by atoms with Gasteiger partial charge in [-0.05, 0) is 36.6 Å². The molecule has 0 spiro atoms. The van der Waals surface area contributed by atoms with Crippen LogP contribution in [-0.2, 0) is 6.54 Å². The fourth-order valence-corrected chi connectivity index (χ4v) is 3.79. The van der Waals surface area contributed by atoms with Gasteiger partial charge in [0.1, 0.15) is 12.3 Å². The van der Waals surface area contributed by atoms with Crippen molar-refractivity contribution in [2.24, 2.45) is 5.92 Å². The molecule has 1 aromatic carbocycles. The van der Waals surface area contributed by atoms with E-state index in [0.29, 0.717) is 30.0 Å². The number of aromatic nitrogens is 2. The Morgan fingerprint density at radius 1 is 1.27 bits per heavy atom. The van der Waals surface area contributed by atoms with Crippen molar-refractivity contribution in [1.29, 1.82) is 5.26 Å². The lowest BCUT2D eigenvalue weighted by Gasteiger charge is -2.38. The minimum Gasteiger partial charge on any atom is -0.448 e. The second kappa shape index (κ2) is 7.14. The number of benzene rings is 1. The number of fused-ring (bicyclic) bond motifs is 1. The average Bonchev–Trinajstić information content (AvgIpc) is 3.18. The van der Waals surface area contributed by atoms with Crippen LogP contribution in [0, 0.1) is 17.2 Å². The zero-order chi connectivity index (χ0) is 17.9. The van der Waals surface area contributed by atoms with Crippen LogP contribution in [0.2, 0.25) is 0 Å². The number of anilines is 1. The van der Waals surface area contributed by atoms with Gasteiger partial charge < -0.3 is 14.6 Å². The maximum absolute atomic E-state index is 9.35. The number of nitrogens with one attached hydrogen (secondary N) is 1. The van der Waals surface area contributed by atoms with Crippen molar-refractivity contribution in [1.82, 2.24) is 15.3 Å². The van der Waals surface area contributed by atoms with E-state index >= 15 is 0 Å². The Balaban J connectivity index is 1.59. The number of nitriles is 1. The molecule has 0 aliphatic carbocycles. The minimum absolute atomic E-state index is 0.355. The third kappa shape index (κ3) is 3.26. The highest BCUT2D eigenvalue weighted by molar-refractivity contribution is 5.95. The monoisotopic (exact) mass is 347 g/mol. The summed E-state index contributed by atoms with van der Waals surface area (Å²) in [6.45, 7) is 4.80. The number of piperidine rings is 1. The van der Waals surface area contributed by atoms with Crippen LogP contribution in [0.15, 0.2) is 47.3 Å². The van der Waals surface area contributed by atoms with E-state index in [9.17, 15) is 5.26 Å². The topological polar surface area (TPSA) is 78.0 Å². The zero-order valence-corrected chi connectivity index (χ0v) is 14.7. The van der Waals surface area contributed by atoms with Gasteiger partial charge in [0.2, 0.25) is 5.89 Å². The van der Waals surface area contributed by atoms with Gasteiger partial charge in [0.25, 0.3) is 0 Å². The molecule has 4 rings (SSSR count). The summed E-state index contributed by atoms with van der Waals surface area (Å²) in [7, 11) is 0. The molecule has 1 aliphatic heterocycles. The lowest BCUT2D eigenvalue weighted by Crippen LogP contribution is -2.48. The summed E-state index contributed by atoms with van der Waals surface area (Å²) in [6, 6.07) is 10.5.